The molecule has 1 heterocycles. The Morgan fingerprint density at radius 1 is 1.58 bits per heavy atom. The fourth-order valence-corrected chi connectivity index (χ4v) is 1.00. The Hall–Kier alpha value is -1.12. The highest BCUT2D eigenvalue weighted by Crippen LogP contribution is 2.29. The number of aryl methyl sites for hydroxylation is 1. The van der Waals surface area contributed by atoms with Gasteiger partial charge in [-0.2, -0.15) is 0 Å². The number of ether oxygens (including phenoxy) is 1. The molecule has 0 radical (unpaired) electrons. The second-order valence-corrected chi connectivity index (χ2v) is 3.03. The predicted octanol–water partition coefficient (Wildman–Crippen LogP) is 1.88. The van der Waals surface area contributed by atoms with Crippen molar-refractivity contribution in [3.05, 3.63) is 23.9 Å². The second kappa shape index (κ2) is 2.73. The summed E-state index contributed by atoms with van der Waals surface area (Å²) in [4.78, 5) is 4.10. The maximum atomic E-state index is 12.4. The fraction of sp³-hybridized carbons (Fsp3) is 0.444. The average molecular weight is 167 g/mol. The van der Waals surface area contributed by atoms with Crippen molar-refractivity contribution in [2.45, 2.75) is 25.6 Å². The Morgan fingerprint density at radius 2 is 2.33 bits per heavy atom. The number of halogens is 1. The zero-order chi connectivity index (χ0) is 8.55. The van der Waals surface area contributed by atoms with Crippen LogP contribution in [0.3, 0.4) is 0 Å². The van der Waals surface area contributed by atoms with Crippen molar-refractivity contribution in [2.75, 3.05) is 0 Å². The highest BCUT2D eigenvalue weighted by molar-refractivity contribution is 5.16. The molecule has 0 aromatic carbocycles. The zero-order valence-electron chi connectivity index (χ0n) is 6.83. The lowest BCUT2D eigenvalue weighted by molar-refractivity contribution is 0.251. The molecular formula is C9H10FNO. The predicted molar refractivity (Wildman–Crippen MR) is 42.9 cm³/mol. The monoisotopic (exact) mass is 167 g/mol. The normalized spacial score (nSPS) is 26.8. The average Bonchev–Trinajstić information content (AvgIpc) is 2.66. The largest absolute Gasteiger partial charge is 0.471 e. The first kappa shape index (κ1) is 7.53. The lowest BCUT2D eigenvalue weighted by Crippen LogP contribution is -2.02. The first-order chi connectivity index (χ1) is 5.75. The van der Waals surface area contributed by atoms with Crippen LogP contribution in [0.15, 0.2) is 18.2 Å². The summed E-state index contributed by atoms with van der Waals surface area (Å²) in [6.07, 6.45) is -0.526. The first-order valence-corrected chi connectivity index (χ1v) is 4.00. The standard InChI is InChI=1S/C9H10FNO/c1-6-3-2-4-9(11-6)12-8-5-7(8)10/h2-4,7-8H,5H2,1H3. The quantitative estimate of drug-likeness (QED) is 0.671. The second-order valence-electron chi connectivity index (χ2n) is 3.03. The molecule has 1 aromatic heterocycles. The van der Waals surface area contributed by atoms with Gasteiger partial charge in [0.2, 0.25) is 5.88 Å². The van der Waals surface area contributed by atoms with Crippen LogP contribution in [-0.2, 0) is 0 Å². The van der Waals surface area contributed by atoms with Crippen LogP contribution in [0.2, 0.25) is 0 Å². The third-order valence-electron chi connectivity index (χ3n) is 1.79. The summed E-state index contributed by atoms with van der Waals surface area (Å²) < 4.78 is 17.6. The molecule has 1 aliphatic rings. The number of hydrogen-bond donors (Lipinski definition) is 0. The molecule has 0 bridgehead atoms. The van der Waals surface area contributed by atoms with Crippen molar-refractivity contribution in [1.29, 1.82) is 0 Å². The Bertz CT molecular complexity index is 290. The van der Waals surface area contributed by atoms with E-state index in [0.717, 1.165) is 5.69 Å². The zero-order valence-corrected chi connectivity index (χ0v) is 6.83. The fourth-order valence-electron chi connectivity index (χ4n) is 1.00. The molecule has 12 heavy (non-hydrogen) atoms. The summed E-state index contributed by atoms with van der Waals surface area (Å²) in [6.45, 7) is 1.88. The van der Waals surface area contributed by atoms with E-state index in [-0.39, 0.29) is 6.10 Å². The van der Waals surface area contributed by atoms with Crippen LogP contribution in [0, 0.1) is 6.92 Å². The minimum Gasteiger partial charge on any atom is -0.471 e. The molecule has 2 rings (SSSR count). The van der Waals surface area contributed by atoms with Crippen molar-refractivity contribution in [2.24, 2.45) is 0 Å². The smallest absolute Gasteiger partial charge is 0.213 e. The third-order valence-corrected chi connectivity index (χ3v) is 1.79. The lowest BCUT2D eigenvalue weighted by Gasteiger charge is -2.02. The van der Waals surface area contributed by atoms with Crippen LogP contribution >= 0.6 is 0 Å². The van der Waals surface area contributed by atoms with Gasteiger partial charge in [0.05, 0.1) is 0 Å². The van der Waals surface area contributed by atoms with Crippen molar-refractivity contribution in [3.8, 4) is 5.88 Å². The van der Waals surface area contributed by atoms with Gasteiger partial charge in [0.1, 0.15) is 12.3 Å². The van der Waals surface area contributed by atoms with Crippen LogP contribution in [0.25, 0.3) is 0 Å². The SMILES string of the molecule is Cc1cccc(OC2CC2F)n1. The number of hydrogen-bond acceptors (Lipinski definition) is 2. The molecule has 1 fully saturated rings. The van der Waals surface area contributed by atoms with Crippen molar-refractivity contribution < 1.29 is 9.13 Å². The van der Waals surface area contributed by atoms with Gasteiger partial charge in [-0.05, 0) is 13.0 Å². The highest BCUT2D eigenvalue weighted by Gasteiger charge is 2.40. The summed E-state index contributed by atoms with van der Waals surface area (Å²) in [5.41, 5.74) is 0.892. The number of alkyl halides is 1. The summed E-state index contributed by atoms with van der Waals surface area (Å²) in [6, 6.07) is 5.48. The summed E-state index contributed by atoms with van der Waals surface area (Å²) >= 11 is 0. The van der Waals surface area contributed by atoms with Gasteiger partial charge in [-0.15, -0.1) is 0 Å². The molecule has 0 spiro atoms. The van der Waals surface area contributed by atoms with E-state index < -0.39 is 6.17 Å². The molecule has 0 amide bonds. The molecule has 0 saturated heterocycles. The van der Waals surface area contributed by atoms with E-state index in [2.05, 4.69) is 4.98 Å². The van der Waals surface area contributed by atoms with E-state index >= 15 is 0 Å². The van der Waals surface area contributed by atoms with E-state index in [1.807, 2.05) is 19.1 Å². The Kier molecular flexibility index (Phi) is 1.71. The van der Waals surface area contributed by atoms with Crippen LogP contribution in [0.4, 0.5) is 4.39 Å². The number of pyridine rings is 1. The molecule has 2 unspecified atom stereocenters. The van der Waals surface area contributed by atoms with Crippen molar-refractivity contribution in [3.63, 3.8) is 0 Å². The topological polar surface area (TPSA) is 22.1 Å². The molecule has 0 N–H and O–H groups in total. The van der Waals surface area contributed by atoms with Crippen LogP contribution in [0.5, 0.6) is 5.88 Å². The van der Waals surface area contributed by atoms with E-state index in [1.54, 1.807) is 6.07 Å². The summed E-state index contributed by atoms with van der Waals surface area (Å²) in [7, 11) is 0. The van der Waals surface area contributed by atoms with Gasteiger partial charge >= 0.3 is 0 Å². The number of rotatable bonds is 2. The van der Waals surface area contributed by atoms with E-state index in [9.17, 15) is 4.39 Å². The highest BCUT2D eigenvalue weighted by atomic mass is 19.1. The molecule has 64 valence electrons. The third kappa shape index (κ3) is 1.55. The van der Waals surface area contributed by atoms with E-state index in [4.69, 9.17) is 4.74 Å². The van der Waals surface area contributed by atoms with Gasteiger partial charge in [-0.3, -0.25) is 0 Å². The van der Waals surface area contributed by atoms with Crippen molar-refractivity contribution >= 4 is 0 Å². The molecule has 1 aromatic rings. The first-order valence-electron chi connectivity index (χ1n) is 4.00. The molecule has 1 aliphatic carbocycles. The molecule has 0 aliphatic heterocycles. The Morgan fingerprint density at radius 3 is 2.92 bits per heavy atom. The van der Waals surface area contributed by atoms with E-state index in [1.165, 1.54) is 0 Å². The summed E-state index contributed by atoms with van der Waals surface area (Å²) in [5.74, 6) is 0.528. The van der Waals surface area contributed by atoms with Crippen molar-refractivity contribution in [1.82, 2.24) is 4.98 Å². The molecular weight excluding hydrogens is 157 g/mol. The maximum absolute atomic E-state index is 12.4. The minimum absolute atomic E-state index is 0.251. The molecule has 1 saturated carbocycles. The molecule has 2 nitrogen and oxygen atoms in total. The van der Waals surface area contributed by atoms with Gasteiger partial charge in [0.15, 0.2) is 0 Å². The van der Waals surface area contributed by atoms with E-state index in [0.29, 0.717) is 12.3 Å². The van der Waals surface area contributed by atoms with Gasteiger partial charge in [-0.25, -0.2) is 9.37 Å². The van der Waals surface area contributed by atoms with Gasteiger partial charge in [0.25, 0.3) is 0 Å². The van der Waals surface area contributed by atoms with Gasteiger partial charge in [-0.1, -0.05) is 6.07 Å². The molecule has 2 atom stereocenters. The lowest BCUT2D eigenvalue weighted by atomic mass is 10.4. The number of nitrogens with zero attached hydrogens (tertiary/aromatic N) is 1. The number of aromatic nitrogens is 1. The Balaban J connectivity index is 2.03. The van der Waals surface area contributed by atoms with Crippen LogP contribution < -0.4 is 4.74 Å². The Labute approximate surface area is 70.4 Å². The van der Waals surface area contributed by atoms with Crippen LogP contribution in [-0.4, -0.2) is 17.3 Å². The van der Waals surface area contributed by atoms with Gasteiger partial charge in [0, 0.05) is 18.2 Å². The van der Waals surface area contributed by atoms with Gasteiger partial charge < -0.3 is 4.74 Å². The summed E-state index contributed by atoms with van der Waals surface area (Å²) in [5, 5.41) is 0. The van der Waals surface area contributed by atoms with Crippen LogP contribution in [0.1, 0.15) is 12.1 Å². The maximum Gasteiger partial charge on any atom is 0.213 e. The minimum atomic E-state index is -0.785. The molecule has 3 heteroatoms.